The lowest BCUT2D eigenvalue weighted by Crippen LogP contribution is -2.31. The molecule has 1 atom stereocenters. The number of hydrogen-bond donors (Lipinski definition) is 2. The standard InChI is InChI=1S/C41H81NO3/c1-3-5-7-9-11-13-14-15-16-17-19-24-28-32-36-40(44)38-42-41(45)37-33-29-25-21-20-23-27-31-35-39(43)34-30-26-22-18-12-10-8-6-4-2/h40,44H,3-38H2,1-2H3,(H,42,45). The van der Waals surface area contributed by atoms with Crippen molar-refractivity contribution in [2.45, 2.75) is 245 Å². The van der Waals surface area contributed by atoms with E-state index in [1.807, 2.05) is 0 Å². The van der Waals surface area contributed by atoms with Crippen molar-refractivity contribution in [3.05, 3.63) is 0 Å². The van der Waals surface area contributed by atoms with Crippen molar-refractivity contribution in [3.63, 3.8) is 0 Å². The minimum Gasteiger partial charge on any atom is -0.391 e. The van der Waals surface area contributed by atoms with Gasteiger partial charge in [0.25, 0.3) is 0 Å². The molecule has 4 heteroatoms. The fourth-order valence-electron chi connectivity index (χ4n) is 6.42. The molecule has 0 rings (SSSR count). The number of amides is 1. The Morgan fingerprint density at radius 1 is 0.422 bits per heavy atom. The van der Waals surface area contributed by atoms with Crippen molar-refractivity contribution >= 4 is 11.7 Å². The molecule has 4 nitrogen and oxygen atoms in total. The van der Waals surface area contributed by atoms with Gasteiger partial charge >= 0.3 is 0 Å². The normalized spacial score (nSPS) is 12.1. The first-order valence-corrected chi connectivity index (χ1v) is 20.6. The SMILES string of the molecule is CCCCCCCCCCCCCCCCC(O)CNC(=O)CCCCCCCCCCC(=O)CCCCCCCCCCC. The molecule has 0 saturated heterocycles. The monoisotopic (exact) mass is 636 g/mol. The first-order chi connectivity index (χ1) is 22.1. The van der Waals surface area contributed by atoms with Crippen LogP contribution in [-0.4, -0.2) is 29.4 Å². The van der Waals surface area contributed by atoms with Crippen molar-refractivity contribution < 1.29 is 14.7 Å². The molecule has 0 aromatic heterocycles. The van der Waals surface area contributed by atoms with Gasteiger partial charge in [0.2, 0.25) is 5.91 Å². The van der Waals surface area contributed by atoms with Gasteiger partial charge in [-0.15, -0.1) is 0 Å². The number of aliphatic hydroxyl groups is 1. The Balaban J connectivity index is 3.33. The summed E-state index contributed by atoms with van der Waals surface area (Å²) >= 11 is 0. The van der Waals surface area contributed by atoms with Gasteiger partial charge in [0, 0.05) is 25.8 Å². The van der Waals surface area contributed by atoms with Crippen LogP contribution >= 0.6 is 0 Å². The van der Waals surface area contributed by atoms with E-state index in [4.69, 9.17) is 0 Å². The molecule has 0 saturated carbocycles. The fraction of sp³-hybridized carbons (Fsp3) is 0.951. The molecule has 1 unspecified atom stereocenters. The summed E-state index contributed by atoms with van der Waals surface area (Å²) in [6.45, 7) is 4.94. The second kappa shape index (κ2) is 37.6. The second-order valence-electron chi connectivity index (χ2n) is 14.3. The zero-order valence-electron chi connectivity index (χ0n) is 30.8. The highest BCUT2D eigenvalue weighted by Gasteiger charge is 2.07. The molecule has 0 fully saturated rings. The van der Waals surface area contributed by atoms with E-state index in [0.29, 0.717) is 18.7 Å². The minimum absolute atomic E-state index is 0.0853. The third kappa shape index (κ3) is 37.4. The number of carbonyl (C=O) groups is 2. The lowest BCUT2D eigenvalue weighted by Gasteiger charge is -2.12. The van der Waals surface area contributed by atoms with E-state index in [1.54, 1.807) is 0 Å². The van der Waals surface area contributed by atoms with Gasteiger partial charge in [-0.3, -0.25) is 9.59 Å². The highest BCUT2D eigenvalue weighted by Crippen LogP contribution is 2.15. The Morgan fingerprint density at radius 2 is 0.711 bits per heavy atom. The largest absolute Gasteiger partial charge is 0.391 e. The van der Waals surface area contributed by atoms with Gasteiger partial charge in [0.05, 0.1) is 6.10 Å². The lowest BCUT2D eigenvalue weighted by atomic mass is 10.0. The summed E-state index contributed by atoms with van der Waals surface area (Å²) in [5, 5.41) is 13.1. The fourth-order valence-corrected chi connectivity index (χ4v) is 6.42. The number of hydrogen-bond acceptors (Lipinski definition) is 3. The Bertz CT molecular complexity index is 608. The van der Waals surface area contributed by atoms with Crippen LogP contribution in [0.5, 0.6) is 0 Å². The number of rotatable bonds is 38. The average Bonchev–Trinajstić information content (AvgIpc) is 3.04. The van der Waals surface area contributed by atoms with Crippen LogP contribution in [-0.2, 0) is 9.59 Å². The summed E-state index contributed by atoms with van der Waals surface area (Å²) in [6.07, 6.45) is 42.3. The maximum atomic E-state index is 12.1. The van der Waals surface area contributed by atoms with Crippen LogP contribution in [0.2, 0.25) is 0 Å². The number of nitrogens with one attached hydrogen (secondary N) is 1. The van der Waals surface area contributed by atoms with E-state index in [-0.39, 0.29) is 5.91 Å². The van der Waals surface area contributed by atoms with E-state index in [0.717, 1.165) is 51.4 Å². The minimum atomic E-state index is -0.406. The van der Waals surface area contributed by atoms with Gasteiger partial charge in [0.1, 0.15) is 5.78 Å². The second-order valence-corrected chi connectivity index (χ2v) is 14.3. The Kier molecular flexibility index (Phi) is 36.8. The van der Waals surface area contributed by atoms with Crippen molar-refractivity contribution in [1.29, 1.82) is 0 Å². The zero-order chi connectivity index (χ0) is 32.9. The Morgan fingerprint density at radius 3 is 1.07 bits per heavy atom. The molecule has 45 heavy (non-hydrogen) atoms. The molecule has 268 valence electrons. The molecule has 0 aliphatic carbocycles. The predicted octanol–water partition coefficient (Wildman–Crippen LogP) is 12.7. The summed E-state index contributed by atoms with van der Waals surface area (Å²) in [5.74, 6) is 0.556. The smallest absolute Gasteiger partial charge is 0.220 e. The number of unbranched alkanes of at least 4 members (excludes halogenated alkanes) is 28. The zero-order valence-corrected chi connectivity index (χ0v) is 30.8. The van der Waals surface area contributed by atoms with E-state index >= 15 is 0 Å². The first-order valence-electron chi connectivity index (χ1n) is 20.6. The maximum absolute atomic E-state index is 12.1. The average molecular weight is 636 g/mol. The third-order valence-electron chi connectivity index (χ3n) is 9.59. The first kappa shape index (κ1) is 44.1. The molecule has 0 aromatic rings. The van der Waals surface area contributed by atoms with E-state index in [1.165, 1.54) is 167 Å². The van der Waals surface area contributed by atoms with Gasteiger partial charge in [-0.2, -0.15) is 0 Å². The van der Waals surface area contributed by atoms with E-state index in [9.17, 15) is 14.7 Å². The summed E-state index contributed by atoms with van der Waals surface area (Å²) in [6, 6.07) is 0. The van der Waals surface area contributed by atoms with Crippen LogP contribution in [0, 0.1) is 0 Å². The van der Waals surface area contributed by atoms with Crippen molar-refractivity contribution in [2.75, 3.05) is 6.54 Å². The summed E-state index contributed by atoms with van der Waals surface area (Å²) in [5.41, 5.74) is 0. The van der Waals surface area contributed by atoms with Gasteiger partial charge in [0.15, 0.2) is 0 Å². The number of aliphatic hydroxyl groups excluding tert-OH is 1. The molecule has 0 aliphatic heterocycles. The highest BCUT2D eigenvalue weighted by molar-refractivity contribution is 5.78. The molecule has 0 bridgehead atoms. The summed E-state index contributed by atoms with van der Waals surface area (Å²) < 4.78 is 0. The van der Waals surface area contributed by atoms with Crippen molar-refractivity contribution in [2.24, 2.45) is 0 Å². The van der Waals surface area contributed by atoms with Crippen LogP contribution in [0.3, 0.4) is 0 Å². The molecule has 0 aromatic carbocycles. The quantitative estimate of drug-likeness (QED) is 0.0663. The Hall–Kier alpha value is -0.900. The van der Waals surface area contributed by atoms with E-state index in [2.05, 4.69) is 19.2 Å². The van der Waals surface area contributed by atoms with Gasteiger partial charge < -0.3 is 10.4 Å². The van der Waals surface area contributed by atoms with Gasteiger partial charge in [-0.05, 0) is 25.7 Å². The number of ketones is 1. The lowest BCUT2D eigenvalue weighted by molar-refractivity contribution is -0.121. The van der Waals surface area contributed by atoms with Crippen molar-refractivity contribution in [1.82, 2.24) is 5.32 Å². The maximum Gasteiger partial charge on any atom is 0.220 e. The summed E-state index contributed by atoms with van der Waals surface area (Å²) in [4.78, 5) is 24.2. The molecule has 1 amide bonds. The van der Waals surface area contributed by atoms with Crippen LogP contribution in [0.1, 0.15) is 239 Å². The topological polar surface area (TPSA) is 66.4 Å². The van der Waals surface area contributed by atoms with Gasteiger partial charge in [-0.1, -0.05) is 194 Å². The van der Waals surface area contributed by atoms with Gasteiger partial charge in [-0.25, -0.2) is 0 Å². The van der Waals surface area contributed by atoms with Crippen LogP contribution in [0.25, 0.3) is 0 Å². The Labute approximate surface area is 282 Å². The predicted molar refractivity (Wildman–Crippen MR) is 197 cm³/mol. The third-order valence-corrected chi connectivity index (χ3v) is 9.59. The molecule has 0 spiro atoms. The summed E-state index contributed by atoms with van der Waals surface area (Å²) in [7, 11) is 0. The van der Waals surface area contributed by atoms with Crippen LogP contribution < -0.4 is 5.32 Å². The number of carbonyl (C=O) groups excluding carboxylic acids is 2. The van der Waals surface area contributed by atoms with Crippen LogP contribution in [0.4, 0.5) is 0 Å². The highest BCUT2D eigenvalue weighted by atomic mass is 16.3. The van der Waals surface area contributed by atoms with Crippen LogP contribution in [0.15, 0.2) is 0 Å². The molecular formula is C41H81NO3. The van der Waals surface area contributed by atoms with Crippen molar-refractivity contribution in [3.8, 4) is 0 Å². The molecule has 0 heterocycles. The molecule has 0 aliphatic rings. The molecule has 0 radical (unpaired) electrons. The molecule has 2 N–H and O–H groups in total. The number of Topliss-reactive ketones (excluding diaryl/α,β-unsaturated/α-hetero) is 1. The van der Waals surface area contributed by atoms with E-state index < -0.39 is 6.10 Å². The molecular weight excluding hydrogens is 554 g/mol.